The van der Waals surface area contributed by atoms with Crippen LogP contribution in [0.1, 0.15) is 55.5 Å². The lowest BCUT2D eigenvalue weighted by atomic mass is 9.82. The van der Waals surface area contributed by atoms with Crippen molar-refractivity contribution in [2.75, 3.05) is 4.90 Å². The molecule has 2 aliphatic rings. The maximum atomic E-state index is 10.1. The van der Waals surface area contributed by atoms with Crippen LogP contribution in [-0.4, -0.2) is 0 Å². The van der Waals surface area contributed by atoms with Crippen molar-refractivity contribution in [2.45, 2.75) is 38.5 Å². The first kappa shape index (κ1) is 23.5. The second-order valence-corrected chi connectivity index (χ2v) is 11.8. The third-order valence-corrected chi connectivity index (χ3v) is 8.92. The third kappa shape index (κ3) is 3.26. The van der Waals surface area contributed by atoms with Gasteiger partial charge in [0.05, 0.1) is 11.3 Å². The zero-order chi connectivity index (χ0) is 26.9. The largest absolute Gasteiger partial charge is 0.309 e. The highest BCUT2D eigenvalue weighted by Crippen LogP contribution is 2.53. The molecule has 0 N–H and O–H groups in total. The third-order valence-electron chi connectivity index (χ3n) is 8.92. The van der Waals surface area contributed by atoms with E-state index < -0.39 is 0 Å². The molecule has 2 aliphatic carbocycles. The van der Waals surface area contributed by atoms with Gasteiger partial charge in [0, 0.05) is 22.2 Å². The van der Waals surface area contributed by atoms with Crippen molar-refractivity contribution < 1.29 is 0 Å². The molecule has 2 heteroatoms. The average Bonchev–Trinajstić information content (AvgIpc) is 3.33. The van der Waals surface area contributed by atoms with Crippen LogP contribution in [0.15, 0.2) is 109 Å². The van der Waals surface area contributed by atoms with E-state index >= 15 is 0 Å². The predicted molar refractivity (Wildman–Crippen MR) is 161 cm³/mol. The maximum Gasteiger partial charge on any atom is 0.101 e. The molecule has 0 aliphatic heterocycles. The lowest BCUT2D eigenvalue weighted by molar-refractivity contribution is 0.660. The summed E-state index contributed by atoms with van der Waals surface area (Å²) in [5, 5.41) is 10.1. The van der Waals surface area contributed by atoms with Gasteiger partial charge in [-0.15, -0.1) is 0 Å². The summed E-state index contributed by atoms with van der Waals surface area (Å²) < 4.78 is 0. The first-order chi connectivity index (χ1) is 18.8. The molecule has 39 heavy (non-hydrogen) atoms. The second-order valence-electron chi connectivity index (χ2n) is 11.8. The first-order valence-corrected chi connectivity index (χ1v) is 13.6. The number of fused-ring (bicyclic) bond motifs is 6. The molecule has 7 rings (SSSR count). The minimum Gasteiger partial charge on any atom is -0.309 e. The molecule has 0 heterocycles. The van der Waals surface area contributed by atoms with E-state index in [-0.39, 0.29) is 10.8 Å². The number of anilines is 3. The van der Waals surface area contributed by atoms with Crippen molar-refractivity contribution in [1.29, 1.82) is 5.26 Å². The van der Waals surface area contributed by atoms with Crippen LogP contribution < -0.4 is 4.90 Å². The fraction of sp³-hybridized carbons (Fsp3) is 0.162. The molecular formula is C37H30N2. The van der Waals surface area contributed by atoms with Crippen LogP contribution in [-0.2, 0) is 10.8 Å². The van der Waals surface area contributed by atoms with Gasteiger partial charge in [0.2, 0.25) is 0 Å². The van der Waals surface area contributed by atoms with Gasteiger partial charge in [-0.05, 0) is 80.9 Å². The van der Waals surface area contributed by atoms with E-state index in [1.807, 2.05) is 18.2 Å². The normalized spacial score (nSPS) is 15.1. The summed E-state index contributed by atoms with van der Waals surface area (Å²) >= 11 is 0. The van der Waals surface area contributed by atoms with Gasteiger partial charge in [0.15, 0.2) is 0 Å². The van der Waals surface area contributed by atoms with Crippen molar-refractivity contribution in [1.82, 2.24) is 0 Å². The van der Waals surface area contributed by atoms with Crippen LogP contribution >= 0.6 is 0 Å². The summed E-state index contributed by atoms with van der Waals surface area (Å²) in [7, 11) is 0. The van der Waals surface area contributed by atoms with E-state index in [2.05, 4.69) is 130 Å². The van der Waals surface area contributed by atoms with E-state index in [4.69, 9.17) is 0 Å². The summed E-state index contributed by atoms with van der Waals surface area (Å²) in [6.07, 6.45) is 0. The van der Waals surface area contributed by atoms with Gasteiger partial charge >= 0.3 is 0 Å². The van der Waals surface area contributed by atoms with Gasteiger partial charge < -0.3 is 4.90 Å². The Balaban J connectivity index is 1.45. The van der Waals surface area contributed by atoms with E-state index in [1.54, 1.807) is 0 Å². The molecule has 0 saturated heterocycles. The van der Waals surface area contributed by atoms with Gasteiger partial charge in [0.1, 0.15) is 6.07 Å². The molecule has 0 atom stereocenters. The molecule has 0 bridgehead atoms. The fourth-order valence-electron chi connectivity index (χ4n) is 6.85. The maximum absolute atomic E-state index is 10.1. The first-order valence-electron chi connectivity index (χ1n) is 13.6. The molecular weight excluding hydrogens is 472 g/mol. The molecule has 0 aromatic heterocycles. The summed E-state index contributed by atoms with van der Waals surface area (Å²) in [5.41, 5.74) is 14.0. The van der Waals surface area contributed by atoms with Crippen LogP contribution in [0, 0.1) is 11.3 Å². The van der Waals surface area contributed by atoms with Crippen LogP contribution in [0.5, 0.6) is 0 Å². The molecule has 5 aromatic rings. The fourth-order valence-corrected chi connectivity index (χ4v) is 6.85. The minimum atomic E-state index is -0.107. The van der Waals surface area contributed by atoms with Crippen molar-refractivity contribution in [3.8, 4) is 28.3 Å². The molecule has 0 radical (unpaired) electrons. The molecule has 0 fully saturated rings. The van der Waals surface area contributed by atoms with Gasteiger partial charge in [-0.2, -0.15) is 5.26 Å². The standard InChI is InChI=1S/C37H30N2/c1-36(2)31-14-8-6-12-27(31)29-19-17-25(21-33(29)36)39(35-16-10-5-11-24(35)23-38)26-18-20-30-28-13-7-9-15-32(28)37(3,4)34(30)22-26/h5-22H,1-4H3. The van der Waals surface area contributed by atoms with Crippen LogP contribution in [0.2, 0.25) is 0 Å². The van der Waals surface area contributed by atoms with Gasteiger partial charge in [-0.1, -0.05) is 100 Å². The predicted octanol–water partition coefficient (Wildman–Crippen LogP) is 9.64. The highest BCUT2D eigenvalue weighted by Gasteiger charge is 2.37. The number of nitrogens with zero attached hydrogens (tertiary/aromatic N) is 2. The van der Waals surface area contributed by atoms with Crippen molar-refractivity contribution in [3.63, 3.8) is 0 Å². The molecule has 0 unspecified atom stereocenters. The van der Waals surface area contributed by atoms with E-state index in [0.29, 0.717) is 5.56 Å². The Morgan fingerprint density at radius 2 is 0.949 bits per heavy atom. The van der Waals surface area contributed by atoms with Crippen LogP contribution in [0.4, 0.5) is 17.1 Å². The highest BCUT2D eigenvalue weighted by atomic mass is 15.1. The molecule has 5 aromatic carbocycles. The Bertz CT molecular complexity index is 1730. The molecule has 2 nitrogen and oxygen atoms in total. The summed E-state index contributed by atoms with van der Waals surface area (Å²) in [5.74, 6) is 0. The highest BCUT2D eigenvalue weighted by molar-refractivity contribution is 5.89. The zero-order valence-electron chi connectivity index (χ0n) is 22.8. The smallest absolute Gasteiger partial charge is 0.101 e. The number of rotatable bonds is 3. The van der Waals surface area contributed by atoms with E-state index in [9.17, 15) is 5.26 Å². The molecule has 188 valence electrons. The Morgan fingerprint density at radius 1 is 0.513 bits per heavy atom. The molecule has 0 amide bonds. The Labute approximate surface area is 230 Å². The van der Waals surface area contributed by atoms with Crippen molar-refractivity contribution >= 4 is 17.1 Å². The van der Waals surface area contributed by atoms with Crippen molar-refractivity contribution in [2.24, 2.45) is 0 Å². The SMILES string of the molecule is CC1(C)c2ccccc2-c2ccc(N(c3ccc4c(c3)C(C)(C)c3ccccc3-4)c3ccccc3C#N)cc21. The Hall–Kier alpha value is -4.61. The van der Waals surface area contributed by atoms with E-state index in [1.165, 1.54) is 44.5 Å². The van der Waals surface area contributed by atoms with Gasteiger partial charge in [-0.25, -0.2) is 0 Å². The monoisotopic (exact) mass is 502 g/mol. The number of benzene rings is 5. The van der Waals surface area contributed by atoms with Crippen molar-refractivity contribution in [3.05, 3.63) is 137 Å². The van der Waals surface area contributed by atoms with Gasteiger partial charge in [0.25, 0.3) is 0 Å². The average molecular weight is 503 g/mol. The number of hydrogen-bond acceptors (Lipinski definition) is 2. The molecule has 0 saturated carbocycles. The van der Waals surface area contributed by atoms with E-state index in [0.717, 1.165) is 17.1 Å². The lowest BCUT2D eigenvalue weighted by Crippen LogP contribution is -2.18. The second kappa shape index (κ2) is 8.19. The Kier molecular flexibility index (Phi) is 4.94. The topological polar surface area (TPSA) is 27.0 Å². The summed E-state index contributed by atoms with van der Waals surface area (Å²) in [6, 6.07) is 41.4. The zero-order valence-corrected chi connectivity index (χ0v) is 22.8. The van der Waals surface area contributed by atoms with Crippen LogP contribution in [0.3, 0.4) is 0 Å². The lowest BCUT2D eigenvalue weighted by Gasteiger charge is -2.30. The number of para-hydroxylation sites is 1. The van der Waals surface area contributed by atoms with Gasteiger partial charge in [-0.3, -0.25) is 0 Å². The molecule has 0 spiro atoms. The quantitative estimate of drug-likeness (QED) is 0.245. The summed E-state index contributed by atoms with van der Waals surface area (Å²) in [4.78, 5) is 2.26. The Morgan fingerprint density at radius 3 is 1.46 bits per heavy atom. The number of nitriles is 1. The number of hydrogen-bond donors (Lipinski definition) is 0. The van der Waals surface area contributed by atoms with Crippen LogP contribution in [0.25, 0.3) is 22.3 Å². The minimum absolute atomic E-state index is 0.107. The summed E-state index contributed by atoms with van der Waals surface area (Å²) in [6.45, 7) is 9.24.